The normalized spacial score (nSPS) is 9.93. The monoisotopic (exact) mass is 197 g/mol. The first-order valence-electron chi connectivity index (χ1n) is 4.34. The molecular weight excluding hydrogens is 182 g/mol. The molecule has 1 aromatic rings. The molecule has 0 aliphatic carbocycles. The zero-order valence-electron chi connectivity index (χ0n) is 8.45. The summed E-state index contributed by atoms with van der Waals surface area (Å²) in [6.07, 6.45) is 0.761. The Morgan fingerprint density at radius 1 is 1.14 bits per heavy atom. The molecule has 0 aromatic heterocycles. The van der Waals surface area contributed by atoms with Gasteiger partial charge in [-0.05, 0) is 24.1 Å². The van der Waals surface area contributed by atoms with Gasteiger partial charge in [-0.3, -0.25) is 0 Å². The number of hydrogen-bond acceptors (Lipinski definition) is 4. The smallest absolute Gasteiger partial charge is 0.160 e. The van der Waals surface area contributed by atoms with Gasteiger partial charge in [0.1, 0.15) is 0 Å². The Morgan fingerprint density at radius 3 is 2.43 bits per heavy atom. The summed E-state index contributed by atoms with van der Waals surface area (Å²) in [4.78, 5) is 4.50. The van der Waals surface area contributed by atoms with Crippen LogP contribution >= 0.6 is 0 Å². The molecule has 1 rings (SSSR count). The van der Waals surface area contributed by atoms with Crippen LogP contribution in [0.5, 0.6) is 11.5 Å². The number of nitrogens with two attached hydrogens (primary N) is 1. The quantitative estimate of drug-likeness (QED) is 0.719. The van der Waals surface area contributed by atoms with Gasteiger partial charge >= 0.3 is 0 Å². The van der Waals surface area contributed by atoms with E-state index in [4.69, 9.17) is 15.4 Å². The van der Waals surface area contributed by atoms with Crippen LogP contribution in [0.2, 0.25) is 0 Å². The molecule has 0 amide bonds. The van der Waals surface area contributed by atoms with Gasteiger partial charge < -0.3 is 14.3 Å². The lowest BCUT2D eigenvalue weighted by atomic mass is 10.1. The number of rotatable bonds is 5. The second-order valence-corrected chi connectivity index (χ2v) is 2.81. The minimum atomic E-state index is 0.496. The van der Waals surface area contributed by atoms with Gasteiger partial charge in [-0.2, -0.15) is 0 Å². The van der Waals surface area contributed by atoms with Crippen molar-refractivity contribution in [2.45, 2.75) is 6.42 Å². The standard InChI is InChI=1S/C10H15NO3/c1-12-9-4-3-8(5-6-14-11)7-10(9)13-2/h3-4,7H,5-6,11H2,1-2H3. The van der Waals surface area contributed by atoms with Crippen molar-refractivity contribution in [1.29, 1.82) is 0 Å². The summed E-state index contributed by atoms with van der Waals surface area (Å²) in [5, 5.41) is 0. The summed E-state index contributed by atoms with van der Waals surface area (Å²) >= 11 is 0. The molecule has 0 saturated carbocycles. The largest absolute Gasteiger partial charge is 0.493 e. The Balaban J connectivity index is 2.79. The van der Waals surface area contributed by atoms with Crippen LogP contribution in [0.1, 0.15) is 5.56 Å². The average molecular weight is 197 g/mol. The molecule has 0 atom stereocenters. The predicted molar refractivity (Wildman–Crippen MR) is 53.4 cm³/mol. The van der Waals surface area contributed by atoms with Gasteiger partial charge in [-0.15, -0.1) is 0 Å². The van der Waals surface area contributed by atoms with E-state index in [9.17, 15) is 0 Å². The van der Waals surface area contributed by atoms with Gasteiger partial charge in [0.15, 0.2) is 11.5 Å². The summed E-state index contributed by atoms with van der Waals surface area (Å²) in [7, 11) is 3.22. The van der Waals surface area contributed by atoms with E-state index in [0.29, 0.717) is 6.61 Å². The van der Waals surface area contributed by atoms with Crippen LogP contribution in [0.25, 0.3) is 0 Å². The Labute approximate surface area is 83.5 Å². The van der Waals surface area contributed by atoms with Crippen molar-refractivity contribution in [3.63, 3.8) is 0 Å². The van der Waals surface area contributed by atoms with E-state index in [-0.39, 0.29) is 0 Å². The van der Waals surface area contributed by atoms with Crippen LogP contribution in [0.15, 0.2) is 18.2 Å². The first kappa shape index (κ1) is 10.8. The number of benzene rings is 1. The number of methoxy groups -OCH3 is 2. The van der Waals surface area contributed by atoms with Crippen LogP contribution in [0.3, 0.4) is 0 Å². The van der Waals surface area contributed by atoms with Crippen LogP contribution in [-0.4, -0.2) is 20.8 Å². The lowest BCUT2D eigenvalue weighted by Gasteiger charge is -2.08. The molecule has 78 valence electrons. The van der Waals surface area contributed by atoms with Crippen molar-refractivity contribution in [2.24, 2.45) is 5.90 Å². The average Bonchev–Trinajstić information content (AvgIpc) is 2.25. The molecule has 0 unspecified atom stereocenters. The van der Waals surface area contributed by atoms with Crippen LogP contribution in [0.4, 0.5) is 0 Å². The van der Waals surface area contributed by atoms with Crippen LogP contribution in [0, 0.1) is 0 Å². The summed E-state index contributed by atoms with van der Waals surface area (Å²) < 4.78 is 10.3. The lowest BCUT2D eigenvalue weighted by molar-refractivity contribution is 0.141. The molecule has 4 nitrogen and oxygen atoms in total. The zero-order chi connectivity index (χ0) is 10.4. The van der Waals surface area contributed by atoms with Gasteiger partial charge in [0.05, 0.1) is 20.8 Å². The van der Waals surface area contributed by atoms with Gasteiger partial charge in [-0.25, -0.2) is 5.90 Å². The summed E-state index contributed by atoms with van der Waals surface area (Å²) in [6, 6.07) is 5.74. The van der Waals surface area contributed by atoms with E-state index in [1.54, 1.807) is 14.2 Å². The fourth-order valence-electron chi connectivity index (χ4n) is 1.21. The van der Waals surface area contributed by atoms with Crippen LogP contribution < -0.4 is 15.4 Å². The highest BCUT2D eigenvalue weighted by atomic mass is 16.6. The van der Waals surface area contributed by atoms with Gasteiger partial charge in [0.2, 0.25) is 0 Å². The topological polar surface area (TPSA) is 53.7 Å². The molecule has 0 saturated heterocycles. The van der Waals surface area contributed by atoms with E-state index >= 15 is 0 Å². The highest BCUT2D eigenvalue weighted by molar-refractivity contribution is 5.42. The molecule has 0 bridgehead atoms. The third kappa shape index (κ3) is 2.61. The van der Waals surface area contributed by atoms with E-state index in [0.717, 1.165) is 23.5 Å². The second kappa shape index (κ2) is 5.47. The van der Waals surface area contributed by atoms with Crippen molar-refractivity contribution in [3.8, 4) is 11.5 Å². The molecule has 0 aliphatic rings. The van der Waals surface area contributed by atoms with E-state index in [2.05, 4.69) is 4.84 Å². The van der Waals surface area contributed by atoms with E-state index in [1.165, 1.54) is 0 Å². The molecule has 1 aromatic carbocycles. The van der Waals surface area contributed by atoms with Crippen molar-refractivity contribution < 1.29 is 14.3 Å². The zero-order valence-corrected chi connectivity index (χ0v) is 8.45. The molecule has 0 aliphatic heterocycles. The van der Waals surface area contributed by atoms with E-state index in [1.807, 2.05) is 18.2 Å². The second-order valence-electron chi connectivity index (χ2n) is 2.81. The molecule has 2 N–H and O–H groups in total. The fraction of sp³-hybridized carbons (Fsp3) is 0.400. The molecule has 14 heavy (non-hydrogen) atoms. The van der Waals surface area contributed by atoms with Gasteiger partial charge in [0.25, 0.3) is 0 Å². The third-order valence-corrected chi connectivity index (χ3v) is 1.96. The molecule has 4 heteroatoms. The highest BCUT2D eigenvalue weighted by Gasteiger charge is 2.03. The van der Waals surface area contributed by atoms with Crippen LogP contribution in [-0.2, 0) is 11.3 Å². The van der Waals surface area contributed by atoms with Crippen molar-refractivity contribution >= 4 is 0 Å². The molecular formula is C10H15NO3. The Morgan fingerprint density at radius 2 is 1.86 bits per heavy atom. The van der Waals surface area contributed by atoms with Crippen molar-refractivity contribution in [1.82, 2.24) is 0 Å². The first-order valence-corrected chi connectivity index (χ1v) is 4.34. The lowest BCUT2D eigenvalue weighted by Crippen LogP contribution is -2.03. The molecule has 0 spiro atoms. The van der Waals surface area contributed by atoms with Crippen molar-refractivity contribution in [2.75, 3.05) is 20.8 Å². The SMILES string of the molecule is COc1ccc(CCON)cc1OC. The Hall–Kier alpha value is -1.26. The molecule has 0 radical (unpaired) electrons. The minimum absolute atomic E-state index is 0.496. The minimum Gasteiger partial charge on any atom is -0.493 e. The first-order chi connectivity index (χ1) is 6.81. The third-order valence-electron chi connectivity index (χ3n) is 1.96. The summed E-state index contributed by atoms with van der Waals surface area (Å²) in [5.74, 6) is 6.40. The van der Waals surface area contributed by atoms with Gasteiger partial charge in [-0.1, -0.05) is 6.07 Å². The maximum absolute atomic E-state index is 5.16. The molecule has 0 fully saturated rings. The van der Waals surface area contributed by atoms with Gasteiger partial charge in [0, 0.05) is 0 Å². The molecule has 0 heterocycles. The summed E-state index contributed by atoms with van der Waals surface area (Å²) in [5.41, 5.74) is 1.10. The number of ether oxygens (including phenoxy) is 2. The van der Waals surface area contributed by atoms with Crippen molar-refractivity contribution in [3.05, 3.63) is 23.8 Å². The summed E-state index contributed by atoms with van der Waals surface area (Å²) in [6.45, 7) is 0.496. The van der Waals surface area contributed by atoms with E-state index < -0.39 is 0 Å². The fourth-order valence-corrected chi connectivity index (χ4v) is 1.21. The highest BCUT2D eigenvalue weighted by Crippen LogP contribution is 2.27. The maximum Gasteiger partial charge on any atom is 0.160 e. The predicted octanol–water partition coefficient (Wildman–Crippen LogP) is 1.14. The maximum atomic E-state index is 5.16. The Bertz CT molecular complexity index is 289. The number of hydrogen-bond donors (Lipinski definition) is 1. The Kier molecular flexibility index (Phi) is 4.22.